The Labute approximate surface area is 197 Å². The first kappa shape index (κ1) is 22.9. The summed E-state index contributed by atoms with van der Waals surface area (Å²) in [6.45, 7) is 14.2. The Bertz CT molecular complexity index is 1110. The molecule has 1 aliphatic rings. The molecule has 2 atom stereocenters. The normalized spacial score (nSPS) is 18.8. The molecule has 0 unspecified atom stereocenters. The fraction of sp³-hybridized carbons (Fsp3) is 0.458. The first-order chi connectivity index (χ1) is 15.2. The molecule has 8 heteroatoms. The Morgan fingerprint density at radius 1 is 1.12 bits per heavy atom. The van der Waals surface area contributed by atoms with E-state index in [1.54, 1.807) is 22.7 Å². The van der Waals surface area contributed by atoms with Crippen LogP contribution in [0.1, 0.15) is 51.7 Å². The summed E-state index contributed by atoms with van der Waals surface area (Å²) in [5.74, 6) is -0.0527. The predicted octanol–water partition coefficient (Wildman–Crippen LogP) is 5.04. The molecular formula is C24H30N4O2S2. The van der Waals surface area contributed by atoms with Gasteiger partial charge >= 0.3 is 0 Å². The largest absolute Gasteiger partial charge is 0.372 e. The summed E-state index contributed by atoms with van der Waals surface area (Å²) < 4.78 is 5.90. The number of thiophene rings is 1. The molecule has 1 fully saturated rings. The van der Waals surface area contributed by atoms with E-state index in [0.717, 1.165) is 56.9 Å². The van der Waals surface area contributed by atoms with Crippen LogP contribution in [0.5, 0.6) is 0 Å². The first-order valence-corrected chi connectivity index (χ1v) is 12.6. The lowest BCUT2D eigenvalue weighted by Crippen LogP contribution is -2.45. The minimum absolute atomic E-state index is 0.0527. The third-order valence-corrected chi connectivity index (χ3v) is 7.89. The van der Waals surface area contributed by atoms with Crippen molar-refractivity contribution in [2.45, 2.75) is 60.3 Å². The SMILES string of the molecule is Cc1cc(-c2sc(N3C[C@@H](C)O[C@@H](C)C3)nc2CNC(=O)c2csc(C)c2C)cc(C)n1. The molecule has 1 saturated heterocycles. The Balaban J connectivity index is 1.65. The van der Waals surface area contributed by atoms with Gasteiger partial charge in [-0.1, -0.05) is 11.3 Å². The minimum atomic E-state index is -0.0527. The molecular weight excluding hydrogens is 440 g/mol. The van der Waals surface area contributed by atoms with Gasteiger partial charge < -0.3 is 15.0 Å². The number of pyridine rings is 1. The summed E-state index contributed by atoms with van der Waals surface area (Å²) in [4.78, 5) is 26.9. The third-order valence-electron chi connectivity index (χ3n) is 5.67. The van der Waals surface area contributed by atoms with Crippen LogP contribution in [0.25, 0.3) is 10.4 Å². The maximum Gasteiger partial charge on any atom is 0.252 e. The molecule has 0 aromatic carbocycles. The van der Waals surface area contributed by atoms with Crippen LogP contribution in [0.15, 0.2) is 17.5 Å². The molecule has 0 aliphatic carbocycles. The van der Waals surface area contributed by atoms with E-state index in [0.29, 0.717) is 6.54 Å². The van der Waals surface area contributed by atoms with Crippen molar-refractivity contribution in [3.63, 3.8) is 0 Å². The lowest BCUT2D eigenvalue weighted by atomic mass is 10.1. The number of amides is 1. The number of carbonyl (C=O) groups excluding carboxylic acids is 1. The Hall–Kier alpha value is -2.29. The quantitative estimate of drug-likeness (QED) is 0.566. The van der Waals surface area contributed by atoms with Crippen molar-refractivity contribution in [3.05, 3.63) is 50.6 Å². The molecule has 6 nitrogen and oxygen atoms in total. The first-order valence-electron chi connectivity index (χ1n) is 10.9. The van der Waals surface area contributed by atoms with Crippen molar-refractivity contribution in [2.24, 2.45) is 0 Å². The van der Waals surface area contributed by atoms with Crippen LogP contribution < -0.4 is 10.2 Å². The zero-order valence-electron chi connectivity index (χ0n) is 19.5. The highest BCUT2D eigenvalue weighted by atomic mass is 32.1. The van der Waals surface area contributed by atoms with E-state index >= 15 is 0 Å². The van der Waals surface area contributed by atoms with Crippen molar-refractivity contribution in [2.75, 3.05) is 18.0 Å². The zero-order valence-corrected chi connectivity index (χ0v) is 21.1. The van der Waals surface area contributed by atoms with Gasteiger partial charge in [-0.05, 0) is 64.8 Å². The Kier molecular flexibility index (Phi) is 6.65. The molecule has 3 aromatic rings. The van der Waals surface area contributed by atoms with Crippen molar-refractivity contribution >= 4 is 33.7 Å². The van der Waals surface area contributed by atoms with Gasteiger partial charge in [-0.25, -0.2) is 4.98 Å². The summed E-state index contributed by atoms with van der Waals surface area (Å²) in [5.41, 5.74) is 5.73. The number of rotatable bonds is 5. The predicted molar refractivity (Wildman–Crippen MR) is 132 cm³/mol. The monoisotopic (exact) mass is 470 g/mol. The van der Waals surface area contributed by atoms with Crippen molar-refractivity contribution in [1.29, 1.82) is 0 Å². The van der Waals surface area contributed by atoms with Crippen LogP contribution in [-0.2, 0) is 11.3 Å². The standard InChI is InChI=1S/C24H30N4O2S2/c1-13-7-19(8-14(2)26-13)22-21(9-25-23(29)20-12-31-18(6)17(20)5)27-24(32-22)28-10-15(3)30-16(4)11-28/h7-8,12,15-16H,9-11H2,1-6H3,(H,25,29)/t15-,16+. The van der Waals surface area contributed by atoms with Crippen molar-refractivity contribution in [1.82, 2.24) is 15.3 Å². The summed E-state index contributed by atoms with van der Waals surface area (Å²) in [6.07, 6.45) is 0.314. The highest BCUT2D eigenvalue weighted by molar-refractivity contribution is 7.19. The minimum Gasteiger partial charge on any atom is -0.372 e. The number of aryl methyl sites for hydroxylation is 3. The molecule has 4 rings (SSSR count). The number of hydrogen-bond donors (Lipinski definition) is 1. The van der Waals surface area contributed by atoms with Crippen LogP contribution in [-0.4, -0.2) is 41.2 Å². The molecule has 3 aromatic heterocycles. The number of carbonyl (C=O) groups is 1. The lowest BCUT2D eigenvalue weighted by Gasteiger charge is -2.35. The maximum absolute atomic E-state index is 12.8. The van der Waals surface area contributed by atoms with Crippen LogP contribution >= 0.6 is 22.7 Å². The van der Waals surface area contributed by atoms with Crippen molar-refractivity contribution in [3.8, 4) is 10.4 Å². The van der Waals surface area contributed by atoms with Gasteiger partial charge in [-0.3, -0.25) is 9.78 Å². The molecule has 1 N–H and O–H groups in total. The summed E-state index contributed by atoms with van der Waals surface area (Å²) in [7, 11) is 0. The van der Waals surface area contributed by atoms with Gasteiger partial charge in [0.05, 0.1) is 34.9 Å². The van der Waals surface area contributed by atoms with E-state index in [2.05, 4.69) is 41.2 Å². The molecule has 1 amide bonds. The number of aromatic nitrogens is 2. The Morgan fingerprint density at radius 2 is 1.78 bits per heavy atom. The van der Waals surface area contributed by atoms with Crippen LogP contribution in [0.4, 0.5) is 5.13 Å². The second kappa shape index (κ2) is 9.29. The molecule has 170 valence electrons. The van der Waals surface area contributed by atoms with Crippen LogP contribution in [0.3, 0.4) is 0 Å². The van der Waals surface area contributed by atoms with Crippen LogP contribution in [0, 0.1) is 27.7 Å². The molecule has 0 spiro atoms. The van der Waals surface area contributed by atoms with E-state index in [1.165, 1.54) is 4.88 Å². The van der Waals surface area contributed by atoms with E-state index in [4.69, 9.17) is 9.72 Å². The fourth-order valence-electron chi connectivity index (χ4n) is 4.12. The topological polar surface area (TPSA) is 67.3 Å². The van der Waals surface area contributed by atoms with E-state index in [9.17, 15) is 4.79 Å². The summed E-state index contributed by atoms with van der Waals surface area (Å²) >= 11 is 3.29. The summed E-state index contributed by atoms with van der Waals surface area (Å²) in [5, 5.41) is 6.00. The van der Waals surface area contributed by atoms with Gasteiger partial charge in [0, 0.05) is 34.7 Å². The van der Waals surface area contributed by atoms with Crippen molar-refractivity contribution < 1.29 is 9.53 Å². The number of nitrogens with zero attached hydrogens (tertiary/aromatic N) is 3. The van der Waals surface area contributed by atoms with E-state index in [1.807, 2.05) is 33.1 Å². The smallest absolute Gasteiger partial charge is 0.252 e. The van der Waals surface area contributed by atoms with Gasteiger partial charge in [0.2, 0.25) is 0 Å². The zero-order chi connectivity index (χ0) is 23.0. The second-order valence-electron chi connectivity index (χ2n) is 8.59. The number of hydrogen-bond acceptors (Lipinski definition) is 7. The second-order valence-corrected chi connectivity index (χ2v) is 10.6. The van der Waals surface area contributed by atoms with Gasteiger partial charge in [-0.15, -0.1) is 11.3 Å². The average Bonchev–Trinajstić information content (AvgIpc) is 3.29. The maximum atomic E-state index is 12.8. The number of morpholine rings is 1. The fourth-order valence-corrected chi connectivity index (χ4v) is 6.07. The Morgan fingerprint density at radius 3 is 2.38 bits per heavy atom. The van der Waals surface area contributed by atoms with Gasteiger partial charge in [0.25, 0.3) is 5.91 Å². The van der Waals surface area contributed by atoms with E-state index in [-0.39, 0.29) is 18.1 Å². The number of nitrogens with one attached hydrogen (secondary N) is 1. The highest BCUT2D eigenvalue weighted by Crippen LogP contribution is 2.36. The third kappa shape index (κ3) is 4.87. The molecule has 32 heavy (non-hydrogen) atoms. The summed E-state index contributed by atoms with van der Waals surface area (Å²) in [6, 6.07) is 4.18. The molecule has 0 bridgehead atoms. The number of thiazole rings is 1. The van der Waals surface area contributed by atoms with Gasteiger partial charge in [0.15, 0.2) is 5.13 Å². The van der Waals surface area contributed by atoms with Gasteiger partial charge in [0.1, 0.15) is 0 Å². The molecule has 0 saturated carbocycles. The van der Waals surface area contributed by atoms with Crippen LogP contribution in [0.2, 0.25) is 0 Å². The van der Waals surface area contributed by atoms with Gasteiger partial charge in [-0.2, -0.15) is 0 Å². The number of anilines is 1. The average molecular weight is 471 g/mol. The number of ether oxygens (including phenoxy) is 1. The highest BCUT2D eigenvalue weighted by Gasteiger charge is 2.26. The lowest BCUT2D eigenvalue weighted by molar-refractivity contribution is -0.00523. The van der Waals surface area contributed by atoms with E-state index < -0.39 is 0 Å². The molecule has 4 heterocycles. The molecule has 1 aliphatic heterocycles. The molecule has 0 radical (unpaired) electrons.